The second-order valence-electron chi connectivity index (χ2n) is 5.35. The summed E-state index contributed by atoms with van der Waals surface area (Å²) in [6.45, 7) is 4.25. The Morgan fingerprint density at radius 1 is 1.24 bits per heavy atom. The maximum absolute atomic E-state index is 12.0. The summed E-state index contributed by atoms with van der Waals surface area (Å²) in [5.41, 5.74) is 1.95. The lowest BCUT2D eigenvalue weighted by molar-refractivity contribution is 0.314. The number of aromatic nitrogens is 1. The molecule has 1 aliphatic heterocycles. The van der Waals surface area contributed by atoms with Gasteiger partial charge in [0.25, 0.3) is 5.56 Å². The molecule has 1 aromatic carbocycles. The minimum Gasteiger partial charge on any atom is -0.383 e. The molecule has 0 bridgehead atoms. The molecule has 2 aromatic rings. The zero-order chi connectivity index (χ0) is 14.7. The molecule has 0 amide bonds. The molecule has 1 fully saturated rings. The van der Waals surface area contributed by atoms with E-state index in [2.05, 4.69) is 16.3 Å². The van der Waals surface area contributed by atoms with Crippen LogP contribution < -0.4 is 10.9 Å². The van der Waals surface area contributed by atoms with Gasteiger partial charge >= 0.3 is 0 Å². The van der Waals surface area contributed by atoms with E-state index in [1.54, 1.807) is 10.6 Å². The second-order valence-corrected chi connectivity index (χ2v) is 6.58. The number of pyridine rings is 1. The Morgan fingerprint density at radius 3 is 2.81 bits per heavy atom. The van der Waals surface area contributed by atoms with E-state index in [1.807, 2.05) is 37.0 Å². The fourth-order valence-electron chi connectivity index (χ4n) is 2.73. The monoisotopic (exact) mass is 303 g/mol. The summed E-state index contributed by atoms with van der Waals surface area (Å²) in [6, 6.07) is 9.74. The van der Waals surface area contributed by atoms with Crippen molar-refractivity contribution in [2.45, 2.75) is 0 Å². The minimum atomic E-state index is 0.0329. The van der Waals surface area contributed by atoms with Gasteiger partial charge in [0.05, 0.1) is 5.52 Å². The number of hydrogen-bond donors (Lipinski definition) is 1. The topological polar surface area (TPSA) is 37.3 Å². The highest BCUT2D eigenvalue weighted by molar-refractivity contribution is 7.99. The number of para-hydroxylation sites is 1. The molecule has 0 unspecified atom stereocenters. The fourth-order valence-corrected chi connectivity index (χ4v) is 3.71. The first kappa shape index (κ1) is 14.5. The van der Waals surface area contributed by atoms with Crippen molar-refractivity contribution < 1.29 is 0 Å². The number of thioether (sulfide) groups is 1. The highest BCUT2D eigenvalue weighted by Gasteiger charge is 2.10. The van der Waals surface area contributed by atoms with E-state index in [1.165, 1.54) is 24.6 Å². The van der Waals surface area contributed by atoms with Crippen molar-refractivity contribution in [2.24, 2.45) is 7.05 Å². The maximum atomic E-state index is 12.0. The summed E-state index contributed by atoms with van der Waals surface area (Å²) in [5, 5.41) is 4.55. The minimum absolute atomic E-state index is 0.0329. The van der Waals surface area contributed by atoms with E-state index in [0.29, 0.717) is 0 Å². The molecule has 1 saturated heterocycles. The van der Waals surface area contributed by atoms with Crippen LogP contribution in [0, 0.1) is 0 Å². The molecule has 0 saturated carbocycles. The summed E-state index contributed by atoms with van der Waals surface area (Å²) in [4.78, 5) is 14.5. The van der Waals surface area contributed by atoms with Crippen LogP contribution in [0.1, 0.15) is 0 Å². The van der Waals surface area contributed by atoms with Gasteiger partial charge in [0.2, 0.25) is 0 Å². The van der Waals surface area contributed by atoms with E-state index >= 15 is 0 Å². The van der Waals surface area contributed by atoms with Gasteiger partial charge in [-0.05, 0) is 6.07 Å². The average molecular weight is 303 g/mol. The summed E-state index contributed by atoms with van der Waals surface area (Å²) in [6.07, 6.45) is 0. The molecule has 21 heavy (non-hydrogen) atoms. The highest BCUT2D eigenvalue weighted by Crippen LogP contribution is 2.20. The molecule has 1 aromatic heterocycles. The van der Waals surface area contributed by atoms with Crippen LogP contribution in [-0.4, -0.2) is 47.2 Å². The number of hydrogen-bond acceptors (Lipinski definition) is 4. The first-order valence-electron chi connectivity index (χ1n) is 7.38. The Hall–Kier alpha value is -1.46. The lowest BCUT2D eigenvalue weighted by Gasteiger charge is -2.26. The molecule has 1 N–H and O–H groups in total. The van der Waals surface area contributed by atoms with Crippen molar-refractivity contribution in [2.75, 3.05) is 43.0 Å². The van der Waals surface area contributed by atoms with Crippen LogP contribution in [0.15, 0.2) is 35.1 Å². The first-order chi connectivity index (χ1) is 10.3. The van der Waals surface area contributed by atoms with Gasteiger partial charge in [-0.15, -0.1) is 0 Å². The van der Waals surface area contributed by atoms with E-state index in [0.717, 1.165) is 29.7 Å². The maximum Gasteiger partial charge on any atom is 0.252 e. The van der Waals surface area contributed by atoms with Crippen LogP contribution in [0.5, 0.6) is 0 Å². The number of benzene rings is 1. The molecular weight excluding hydrogens is 282 g/mol. The van der Waals surface area contributed by atoms with E-state index in [4.69, 9.17) is 0 Å². The number of aryl methyl sites for hydroxylation is 1. The van der Waals surface area contributed by atoms with Gasteiger partial charge in [-0.2, -0.15) is 11.8 Å². The zero-order valence-electron chi connectivity index (χ0n) is 12.3. The fraction of sp³-hybridized carbons (Fsp3) is 0.438. The summed E-state index contributed by atoms with van der Waals surface area (Å²) >= 11 is 2.03. The second kappa shape index (κ2) is 6.54. The van der Waals surface area contributed by atoms with Gasteiger partial charge < -0.3 is 9.88 Å². The zero-order valence-corrected chi connectivity index (χ0v) is 13.2. The molecular formula is C16H21N3OS. The molecule has 4 nitrogen and oxygen atoms in total. The SMILES string of the molecule is Cn1c(=O)cc(NCCN2CCSCC2)c2ccccc21. The molecule has 1 aliphatic rings. The van der Waals surface area contributed by atoms with Crippen molar-refractivity contribution in [3.05, 3.63) is 40.7 Å². The van der Waals surface area contributed by atoms with Gasteiger partial charge in [-0.25, -0.2) is 0 Å². The molecule has 3 rings (SSSR count). The molecule has 5 heteroatoms. The van der Waals surface area contributed by atoms with Gasteiger partial charge in [-0.3, -0.25) is 9.69 Å². The van der Waals surface area contributed by atoms with E-state index in [-0.39, 0.29) is 5.56 Å². The van der Waals surface area contributed by atoms with Crippen LogP contribution in [0.4, 0.5) is 5.69 Å². The molecule has 0 atom stereocenters. The number of anilines is 1. The Bertz CT molecular complexity index is 677. The first-order valence-corrected chi connectivity index (χ1v) is 8.54. The standard InChI is InChI=1S/C16H21N3OS/c1-18-15-5-3-2-4-13(15)14(12-16(18)20)17-6-7-19-8-10-21-11-9-19/h2-5,12,17H,6-11H2,1H3. The van der Waals surface area contributed by atoms with Crippen molar-refractivity contribution in [3.63, 3.8) is 0 Å². The molecule has 0 radical (unpaired) electrons. The van der Waals surface area contributed by atoms with Crippen molar-refractivity contribution in [3.8, 4) is 0 Å². The number of fused-ring (bicyclic) bond motifs is 1. The van der Waals surface area contributed by atoms with Crippen LogP contribution >= 0.6 is 11.8 Å². The molecule has 2 heterocycles. The summed E-state index contributed by atoms with van der Waals surface area (Å²) in [7, 11) is 1.82. The Labute approximate surface area is 129 Å². The quantitative estimate of drug-likeness (QED) is 0.937. The van der Waals surface area contributed by atoms with Gasteiger partial charge in [0.1, 0.15) is 0 Å². The van der Waals surface area contributed by atoms with Crippen molar-refractivity contribution >= 4 is 28.4 Å². The largest absolute Gasteiger partial charge is 0.383 e. The van der Waals surface area contributed by atoms with Crippen LogP contribution in [0.25, 0.3) is 10.9 Å². The average Bonchev–Trinajstić information content (AvgIpc) is 2.53. The molecule has 0 aliphatic carbocycles. The van der Waals surface area contributed by atoms with Crippen molar-refractivity contribution in [1.82, 2.24) is 9.47 Å². The number of rotatable bonds is 4. The Morgan fingerprint density at radius 2 is 2.00 bits per heavy atom. The van der Waals surface area contributed by atoms with E-state index < -0.39 is 0 Å². The van der Waals surface area contributed by atoms with Crippen molar-refractivity contribution in [1.29, 1.82) is 0 Å². The van der Waals surface area contributed by atoms with E-state index in [9.17, 15) is 4.79 Å². The third-order valence-electron chi connectivity index (χ3n) is 4.00. The number of nitrogens with zero attached hydrogens (tertiary/aromatic N) is 2. The molecule has 112 valence electrons. The predicted octanol–water partition coefficient (Wildman–Crippen LogP) is 2.00. The predicted molar refractivity (Wildman–Crippen MR) is 91.4 cm³/mol. The van der Waals surface area contributed by atoms with Crippen LogP contribution in [-0.2, 0) is 7.05 Å². The van der Waals surface area contributed by atoms with Gasteiger partial charge in [-0.1, -0.05) is 18.2 Å². The highest BCUT2D eigenvalue weighted by atomic mass is 32.2. The number of nitrogens with one attached hydrogen (secondary N) is 1. The van der Waals surface area contributed by atoms with Crippen LogP contribution in [0.2, 0.25) is 0 Å². The molecule has 0 spiro atoms. The Balaban J connectivity index is 1.74. The lowest BCUT2D eigenvalue weighted by atomic mass is 10.2. The lowest BCUT2D eigenvalue weighted by Crippen LogP contribution is -2.36. The van der Waals surface area contributed by atoms with Gasteiger partial charge in [0, 0.05) is 61.9 Å². The normalized spacial score (nSPS) is 16.2. The smallest absolute Gasteiger partial charge is 0.252 e. The summed E-state index contributed by atoms with van der Waals surface area (Å²) in [5.74, 6) is 2.46. The Kier molecular flexibility index (Phi) is 4.51. The van der Waals surface area contributed by atoms with Gasteiger partial charge in [0.15, 0.2) is 0 Å². The van der Waals surface area contributed by atoms with Crippen LogP contribution in [0.3, 0.4) is 0 Å². The third kappa shape index (κ3) is 3.24. The summed E-state index contributed by atoms with van der Waals surface area (Å²) < 4.78 is 1.70. The third-order valence-corrected chi connectivity index (χ3v) is 4.94.